The van der Waals surface area contributed by atoms with Gasteiger partial charge < -0.3 is 15.0 Å². The zero-order chi connectivity index (χ0) is 17.6. The number of amides is 2. The van der Waals surface area contributed by atoms with Crippen LogP contribution in [0.3, 0.4) is 0 Å². The SMILES string of the molecule is O=C(CN1CCCCC1=O)NCCc1ccccc1OC(F)(F)F. The van der Waals surface area contributed by atoms with Crippen LogP contribution in [0.5, 0.6) is 5.75 Å². The molecule has 0 spiro atoms. The lowest BCUT2D eigenvalue weighted by molar-refractivity contribution is -0.274. The minimum Gasteiger partial charge on any atom is -0.406 e. The Bertz CT molecular complexity index is 590. The Kier molecular flexibility index (Phi) is 6.05. The quantitative estimate of drug-likeness (QED) is 0.861. The number of rotatable bonds is 6. The van der Waals surface area contributed by atoms with E-state index in [-0.39, 0.29) is 37.1 Å². The lowest BCUT2D eigenvalue weighted by Crippen LogP contribution is -2.43. The van der Waals surface area contributed by atoms with Crippen molar-refractivity contribution in [2.45, 2.75) is 32.0 Å². The standard InChI is InChI=1S/C16H19F3N2O3/c17-16(18,19)24-13-6-2-1-5-12(13)8-9-20-14(22)11-21-10-4-3-7-15(21)23/h1-2,5-6H,3-4,7-11H2,(H,20,22). The molecular weight excluding hydrogens is 325 g/mol. The average molecular weight is 344 g/mol. The zero-order valence-corrected chi connectivity index (χ0v) is 13.1. The second kappa shape index (κ2) is 8.03. The summed E-state index contributed by atoms with van der Waals surface area (Å²) in [5.41, 5.74) is 0.351. The first-order chi connectivity index (χ1) is 11.3. The Labute approximate surface area is 137 Å². The first kappa shape index (κ1) is 18.1. The van der Waals surface area contributed by atoms with Gasteiger partial charge in [0.15, 0.2) is 0 Å². The summed E-state index contributed by atoms with van der Waals surface area (Å²) in [5, 5.41) is 2.62. The molecule has 2 rings (SSSR count). The van der Waals surface area contributed by atoms with Crippen LogP contribution in [-0.2, 0) is 16.0 Å². The van der Waals surface area contributed by atoms with Gasteiger partial charge in [0.05, 0.1) is 6.54 Å². The van der Waals surface area contributed by atoms with Crippen molar-refractivity contribution in [2.24, 2.45) is 0 Å². The molecule has 0 bridgehead atoms. The maximum Gasteiger partial charge on any atom is 0.573 e. The highest BCUT2D eigenvalue weighted by Gasteiger charge is 2.31. The average Bonchev–Trinajstić information content (AvgIpc) is 2.50. The van der Waals surface area contributed by atoms with Crippen LogP contribution in [-0.4, -0.2) is 42.7 Å². The summed E-state index contributed by atoms with van der Waals surface area (Å²) in [4.78, 5) is 25.0. The summed E-state index contributed by atoms with van der Waals surface area (Å²) in [6.07, 6.45) is -2.39. The van der Waals surface area contributed by atoms with Crippen molar-refractivity contribution < 1.29 is 27.5 Å². The van der Waals surface area contributed by atoms with Gasteiger partial charge in [0.25, 0.3) is 0 Å². The molecule has 0 atom stereocenters. The van der Waals surface area contributed by atoms with Crippen molar-refractivity contribution in [1.29, 1.82) is 0 Å². The summed E-state index contributed by atoms with van der Waals surface area (Å²) in [6, 6.07) is 5.80. The highest BCUT2D eigenvalue weighted by Crippen LogP contribution is 2.26. The number of likely N-dealkylation sites (tertiary alicyclic amines) is 1. The van der Waals surface area contributed by atoms with Crippen LogP contribution in [0, 0.1) is 0 Å². The number of benzene rings is 1. The van der Waals surface area contributed by atoms with Crippen molar-refractivity contribution in [2.75, 3.05) is 19.6 Å². The summed E-state index contributed by atoms with van der Waals surface area (Å²) in [6.45, 7) is 0.715. The van der Waals surface area contributed by atoms with Crippen molar-refractivity contribution in [3.05, 3.63) is 29.8 Å². The van der Waals surface area contributed by atoms with Crippen molar-refractivity contribution in [3.8, 4) is 5.75 Å². The van der Waals surface area contributed by atoms with Gasteiger partial charge in [-0.1, -0.05) is 18.2 Å². The van der Waals surface area contributed by atoms with Gasteiger partial charge in [0.1, 0.15) is 5.75 Å². The molecule has 1 aliphatic rings. The number of carbonyl (C=O) groups excluding carboxylic acids is 2. The van der Waals surface area contributed by atoms with Gasteiger partial charge in [0.2, 0.25) is 11.8 Å². The minimum atomic E-state index is -4.76. The molecule has 1 heterocycles. The van der Waals surface area contributed by atoms with E-state index in [2.05, 4.69) is 10.1 Å². The number of nitrogens with zero attached hydrogens (tertiary/aromatic N) is 1. The first-order valence-corrected chi connectivity index (χ1v) is 7.73. The van der Waals surface area contributed by atoms with E-state index in [1.165, 1.54) is 23.1 Å². The van der Waals surface area contributed by atoms with Crippen LogP contribution < -0.4 is 10.1 Å². The van der Waals surface area contributed by atoms with E-state index in [0.29, 0.717) is 18.5 Å². The number of para-hydroxylation sites is 1. The van der Waals surface area contributed by atoms with E-state index >= 15 is 0 Å². The Morgan fingerprint density at radius 1 is 1.25 bits per heavy atom. The van der Waals surface area contributed by atoms with E-state index in [1.54, 1.807) is 6.07 Å². The van der Waals surface area contributed by atoms with Gasteiger partial charge in [-0.15, -0.1) is 13.2 Å². The molecule has 1 fully saturated rings. The lowest BCUT2D eigenvalue weighted by Gasteiger charge is -2.26. The summed E-state index contributed by atoms with van der Waals surface area (Å²) in [5.74, 6) is -0.634. The third-order valence-electron chi connectivity index (χ3n) is 3.67. The molecule has 2 amide bonds. The van der Waals surface area contributed by atoms with Gasteiger partial charge in [-0.2, -0.15) is 0 Å². The summed E-state index contributed by atoms with van der Waals surface area (Å²) in [7, 11) is 0. The van der Waals surface area contributed by atoms with Crippen molar-refractivity contribution in [1.82, 2.24) is 10.2 Å². The molecule has 1 aromatic rings. The van der Waals surface area contributed by atoms with E-state index < -0.39 is 6.36 Å². The topological polar surface area (TPSA) is 58.6 Å². The van der Waals surface area contributed by atoms with Crippen LogP contribution in [0.1, 0.15) is 24.8 Å². The molecular formula is C16H19F3N2O3. The van der Waals surface area contributed by atoms with Gasteiger partial charge in [0, 0.05) is 19.5 Å². The second-order valence-corrected chi connectivity index (χ2v) is 5.53. The molecule has 1 N–H and O–H groups in total. The highest BCUT2D eigenvalue weighted by atomic mass is 19.4. The molecule has 8 heteroatoms. The molecule has 0 aromatic heterocycles. The van der Waals surface area contributed by atoms with Gasteiger partial charge in [-0.25, -0.2) is 0 Å². The van der Waals surface area contributed by atoms with Gasteiger partial charge in [-0.05, 0) is 30.9 Å². The molecule has 24 heavy (non-hydrogen) atoms. The molecule has 1 aliphatic heterocycles. The summed E-state index contributed by atoms with van der Waals surface area (Å²) < 4.78 is 41.0. The first-order valence-electron chi connectivity index (χ1n) is 7.73. The van der Waals surface area contributed by atoms with Crippen LogP contribution in [0.25, 0.3) is 0 Å². The molecule has 1 aromatic carbocycles. The second-order valence-electron chi connectivity index (χ2n) is 5.53. The number of alkyl halides is 3. The third-order valence-corrected chi connectivity index (χ3v) is 3.67. The largest absolute Gasteiger partial charge is 0.573 e. The van der Waals surface area contributed by atoms with Crippen molar-refractivity contribution in [3.63, 3.8) is 0 Å². The number of ether oxygens (including phenoxy) is 1. The molecule has 0 aliphatic carbocycles. The number of piperidine rings is 1. The van der Waals surface area contributed by atoms with Crippen LogP contribution in [0.15, 0.2) is 24.3 Å². The van der Waals surface area contributed by atoms with Gasteiger partial charge in [-0.3, -0.25) is 9.59 Å². The Hall–Kier alpha value is -2.25. The Morgan fingerprint density at radius 3 is 2.71 bits per heavy atom. The maximum atomic E-state index is 12.3. The van der Waals surface area contributed by atoms with Crippen LogP contribution in [0.2, 0.25) is 0 Å². The molecule has 5 nitrogen and oxygen atoms in total. The van der Waals surface area contributed by atoms with Gasteiger partial charge >= 0.3 is 6.36 Å². The maximum absolute atomic E-state index is 12.3. The molecule has 1 saturated heterocycles. The fourth-order valence-electron chi connectivity index (χ4n) is 2.53. The Balaban J connectivity index is 1.81. The lowest BCUT2D eigenvalue weighted by atomic mass is 10.1. The minimum absolute atomic E-state index is 0.0144. The Morgan fingerprint density at radius 2 is 2.00 bits per heavy atom. The molecule has 0 saturated carbocycles. The van der Waals surface area contributed by atoms with Crippen LogP contribution in [0.4, 0.5) is 13.2 Å². The van der Waals surface area contributed by atoms with E-state index in [0.717, 1.165) is 12.8 Å². The van der Waals surface area contributed by atoms with Crippen molar-refractivity contribution >= 4 is 11.8 Å². The monoisotopic (exact) mass is 344 g/mol. The predicted octanol–water partition coefficient (Wildman–Crippen LogP) is 2.26. The molecule has 0 unspecified atom stereocenters. The summed E-state index contributed by atoms with van der Waals surface area (Å²) >= 11 is 0. The normalized spacial score (nSPS) is 15.3. The highest BCUT2D eigenvalue weighted by molar-refractivity contribution is 5.85. The van der Waals surface area contributed by atoms with E-state index in [1.807, 2.05) is 0 Å². The fraction of sp³-hybridized carbons (Fsp3) is 0.500. The predicted molar refractivity (Wildman–Crippen MR) is 80.3 cm³/mol. The number of hydrogen-bond donors (Lipinski definition) is 1. The number of carbonyl (C=O) groups is 2. The zero-order valence-electron chi connectivity index (χ0n) is 13.1. The van der Waals surface area contributed by atoms with E-state index in [4.69, 9.17) is 0 Å². The van der Waals surface area contributed by atoms with Crippen LogP contribution >= 0.6 is 0 Å². The molecule has 0 radical (unpaired) electrons. The fourth-order valence-corrected chi connectivity index (χ4v) is 2.53. The van der Waals surface area contributed by atoms with E-state index in [9.17, 15) is 22.8 Å². The number of halogens is 3. The molecule has 132 valence electrons. The number of nitrogens with one attached hydrogen (secondary N) is 1. The third kappa shape index (κ3) is 5.75. The number of hydrogen-bond acceptors (Lipinski definition) is 3. The smallest absolute Gasteiger partial charge is 0.406 e.